The van der Waals surface area contributed by atoms with Crippen molar-refractivity contribution in [3.63, 3.8) is 0 Å². The van der Waals surface area contributed by atoms with Gasteiger partial charge in [-0.1, -0.05) is 6.42 Å². The standard InChI is InChI=1S/C10H21NO3/c1-3-14-10(13)7-5-4-6-9(11)8(2)12/h8-9,12H,3-7,11H2,1-2H3/t8-,9+/m1/s1. The van der Waals surface area contributed by atoms with Gasteiger partial charge in [0.25, 0.3) is 0 Å². The van der Waals surface area contributed by atoms with Crippen molar-refractivity contribution in [2.45, 2.75) is 51.7 Å². The van der Waals surface area contributed by atoms with Crippen molar-refractivity contribution in [3.05, 3.63) is 0 Å². The summed E-state index contributed by atoms with van der Waals surface area (Å²) in [6.07, 6.45) is 2.35. The maximum atomic E-state index is 10.9. The van der Waals surface area contributed by atoms with E-state index in [0.717, 1.165) is 19.3 Å². The molecular formula is C10H21NO3. The van der Waals surface area contributed by atoms with Crippen LogP contribution in [0.15, 0.2) is 0 Å². The third-order valence-corrected chi connectivity index (χ3v) is 2.09. The summed E-state index contributed by atoms with van der Waals surface area (Å²) in [4.78, 5) is 10.9. The molecule has 14 heavy (non-hydrogen) atoms. The van der Waals surface area contributed by atoms with E-state index in [1.807, 2.05) is 0 Å². The monoisotopic (exact) mass is 203 g/mol. The number of esters is 1. The molecule has 0 aliphatic heterocycles. The number of rotatable bonds is 7. The minimum atomic E-state index is -0.474. The summed E-state index contributed by atoms with van der Waals surface area (Å²) in [5, 5.41) is 9.10. The summed E-state index contributed by atoms with van der Waals surface area (Å²) in [5.74, 6) is -0.155. The highest BCUT2D eigenvalue weighted by Crippen LogP contribution is 2.05. The summed E-state index contributed by atoms with van der Waals surface area (Å²) < 4.78 is 4.78. The van der Waals surface area contributed by atoms with Crippen LogP contribution in [0.2, 0.25) is 0 Å². The van der Waals surface area contributed by atoms with Gasteiger partial charge in [0.05, 0.1) is 12.7 Å². The molecule has 2 atom stereocenters. The van der Waals surface area contributed by atoms with Crippen molar-refractivity contribution in [2.24, 2.45) is 5.73 Å². The molecule has 0 spiro atoms. The summed E-state index contributed by atoms with van der Waals surface area (Å²) in [6.45, 7) is 3.91. The molecule has 0 heterocycles. The van der Waals surface area contributed by atoms with Crippen LogP contribution in [0.4, 0.5) is 0 Å². The van der Waals surface area contributed by atoms with Crippen molar-refractivity contribution < 1.29 is 14.6 Å². The second-order valence-electron chi connectivity index (χ2n) is 3.46. The van der Waals surface area contributed by atoms with Crippen LogP contribution >= 0.6 is 0 Å². The molecule has 0 fully saturated rings. The molecule has 0 saturated heterocycles. The third-order valence-electron chi connectivity index (χ3n) is 2.09. The molecule has 0 aromatic rings. The summed E-state index contributed by atoms with van der Waals surface area (Å²) >= 11 is 0. The van der Waals surface area contributed by atoms with Crippen LogP contribution in [0.1, 0.15) is 39.5 Å². The lowest BCUT2D eigenvalue weighted by Crippen LogP contribution is -2.32. The first-order valence-corrected chi connectivity index (χ1v) is 5.17. The predicted octanol–water partition coefficient (Wildman–Crippen LogP) is 0.818. The summed E-state index contributed by atoms with van der Waals surface area (Å²) in [5.41, 5.74) is 5.63. The van der Waals surface area contributed by atoms with Gasteiger partial charge in [-0.25, -0.2) is 0 Å². The van der Waals surface area contributed by atoms with Crippen LogP contribution in [0.3, 0.4) is 0 Å². The molecule has 84 valence electrons. The Bertz CT molecular complexity index is 159. The Kier molecular flexibility index (Phi) is 7.42. The molecule has 4 heteroatoms. The molecule has 0 bridgehead atoms. The first kappa shape index (κ1) is 13.4. The lowest BCUT2D eigenvalue weighted by Gasteiger charge is -2.13. The van der Waals surface area contributed by atoms with E-state index >= 15 is 0 Å². The van der Waals surface area contributed by atoms with E-state index in [1.165, 1.54) is 0 Å². The van der Waals surface area contributed by atoms with Gasteiger partial charge < -0.3 is 15.6 Å². The molecule has 0 rings (SSSR count). The van der Waals surface area contributed by atoms with Gasteiger partial charge in [-0.15, -0.1) is 0 Å². The van der Waals surface area contributed by atoms with Gasteiger partial charge in [-0.05, 0) is 26.7 Å². The average Bonchev–Trinajstić information content (AvgIpc) is 2.12. The van der Waals surface area contributed by atoms with Crippen LogP contribution in [0.5, 0.6) is 0 Å². The van der Waals surface area contributed by atoms with Gasteiger partial charge in [0.15, 0.2) is 0 Å². The second kappa shape index (κ2) is 7.76. The zero-order chi connectivity index (χ0) is 11.0. The molecule has 3 N–H and O–H groups in total. The molecule has 0 radical (unpaired) electrons. The number of hydrogen-bond donors (Lipinski definition) is 2. The predicted molar refractivity (Wildman–Crippen MR) is 54.8 cm³/mol. The van der Waals surface area contributed by atoms with Crippen molar-refractivity contribution in [1.82, 2.24) is 0 Å². The molecule has 4 nitrogen and oxygen atoms in total. The van der Waals surface area contributed by atoms with E-state index in [9.17, 15) is 4.79 Å². The SMILES string of the molecule is CCOC(=O)CCCC[C@H](N)[C@@H](C)O. The number of carbonyl (C=O) groups is 1. The van der Waals surface area contributed by atoms with Crippen LogP contribution < -0.4 is 5.73 Å². The van der Waals surface area contributed by atoms with E-state index in [-0.39, 0.29) is 12.0 Å². The number of carbonyl (C=O) groups excluding carboxylic acids is 1. The quantitative estimate of drug-likeness (QED) is 0.474. The molecule has 0 aliphatic rings. The Morgan fingerprint density at radius 1 is 1.50 bits per heavy atom. The normalized spacial score (nSPS) is 14.9. The first-order chi connectivity index (χ1) is 6.57. The summed E-state index contributed by atoms with van der Waals surface area (Å²) in [7, 11) is 0. The third kappa shape index (κ3) is 6.86. The first-order valence-electron chi connectivity index (χ1n) is 5.17. The van der Waals surface area contributed by atoms with Crippen LogP contribution in [-0.2, 0) is 9.53 Å². The largest absolute Gasteiger partial charge is 0.466 e. The fourth-order valence-corrected chi connectivity index (χ4v) is 1.12. The number of ether oxygens (including phenoxy) is 1. The van der Waals surface area contributed by atoms with Crippen LogP contribution in [0.25, 0.3) is 0 Å². The Balaban J connectivity index is 3.33. The van der Waals surface area contributed by atoms with Gasteiger partial charge in [-0.2, -0.15) is 0 Å². The van der Waals surface area contributed by atoms with Gasteiger partial charge in [0, 0.05) is 12.5 Å². The number of unbranched alkanes of at least 4 members (excludes halogenated alkanes) is 1. The van der Waals surface area contributed by atoms with Crippen molar-refractivity contribution in [2.75, 3.05) is 6.61 Å². The van der Waals surface area contributed by atoms with E-state index in [2.05, 4.69) is 0 Å². The van der Waals surface area contributed by atoms with Crippen molar-refractivity contribution in [3.8, 4) is 0 Å². The topological polar surface area (TPSA) is 72.5 Å². The number of aliphatic hydroxyl groups is 1. The smallest absolute Gasteiger partial charge is 0.305 e. The zero-order valence-corrected chi connectivity index (χ0v) is 9.03. The maximum absolute atomic E-state index is 10.9. The minimum absolute atomic E-state index is 0.155. The molecular weight excluding hydrogens is 182 g/mol. The van der Waals surface area contributed by atoms with Crippen molar-refractivity contribution in [1.29, 1.82) is 0 Å². The van der Waals surface area contributed by atoms with Crippen molar-refractivity contribution >= 4 is 5.97 Å². The number of aliphatic hydroxyl groups excluding tert-OH is 1. The molecule has 0 amide bonds. The summed E-state index contributed by atoms with van der Waals surface area (Å²) in [6, 6.07) is -0.183. The highest BCUT2D eigenvalue weighted by atomic mass is 16.5. The van der Waals surface area contributed by atoms with E-state index in [4.69, 9.17) is 15.6 Å². The van der Waals surface area contributed by atoms with E-state index < -0.39 is 6.10 Å². The van der Waals surface area contributed by atoms with E-state index in [0.29, 0.717) is 13.0 Å². The molecule has 0 aromatic carbocycles. The highest BCUT2D eigenvalue weighted by molar-refractivity contribution is 5.69. The van der Waals surface area contributed by atoms with E-state index in [1.54, 1.807) is 13.8 Å². The fourth-order valence-electron chi connectivity index (χ4n) is 1.12. The highest BCUT2D eigenvalue weighted by Gasteiger charge is 2.09. The number of nitrogens with two attached hydrogens (primary N) is 1. The lowest BCUT2D eigenvalue weighted by atomic mass is 10.1. The minimum Gasteiger partial charge on any atom is -0.466 e. The Hall–Kier alpha value is -0.610. The molecule has 0 aromatic heterocycles. The van der Waals surface area contributed by atoms with Gasteiger partial charge >= 0.3 is 5.97 Å². The second-order valence-corrected chi connectivity index (χ2v) is 3.46. The van der Waals surface area contributed by atoms with Crippen LogP contribution in [-0.4, -0.2) is 29.8 Å². The fraction of sp³-hybridized carbons (Fsp3) is 0.900. The zero-order valence-electron chi connectivity index (χ0n) is 9.03. The molecule has 0 aliphatic carbocycles. The van der Waals surface area contributed by atoms with Gasteiger partial charge in [-0.3, -0.25) is 4.79 Å². The Morgan fingerprint density at radius 3 is 2.64 bits per heavy atom. The number of hydrogen-bond acceptors (Lipinski definition) is 4. The van der Waals surface area contributed by atoms with Gasteiger partial charge in [0.2, 0.25) is 0 Å². The maximum Gasteiger partial charge on any atom is 0.305 e. The average molecular weight is 203 g/mol. The van der Waals surface area contributed by atoms with Gasteiger partial charge in [0.1, 0.15) is 0 Å². The van der Waals surface area contributed by atoms with Crippen LogP contribution in [0, 0.1) is 0 Å². The molecule has 0 saturated carbocycles. The Morgan fingerprint density at radius 2 is 2.14 bits per heavy atom. The Labute approximate surface area is 85.4 Å². The lowest BCUT2D eigenvalue weighted by molar-refractivity contribution is -0.143. The molecule has 0 unspecified atom stereocenters.